The molecule has 0 saturated heterocycles. The van der Waals surface area contributed by atoms with Crippen LogP contribution in [0, 0.1) is 5.41 Å². The van der Waals surface area contributed by atoms with Crippen molar-refractivity contribution in [1.82, 2.24) is 4.90 Å². The fourth-order valence-electron chi connectivity index (χ4n) is 5.21. The quantitative estimate of drug-likeness (QED) is 0.428. The molecule has 3 N–H and O–H groups in total. The predicted molar refractivity (Wildman–Crippen MR) is 127 cm³/mol. The number of benzene rings is 3. The van der Waals surface area contributed by atoms with Crippen molar-refractivity contribution in [3.05, 3.63) is 82.4 Å². The minimum atomic E-state index is -0.243. The first-order chi connectivity index (χ1) is 15.5. The van der Waals surface area contributed by atoms with Crippen LogP contribution in [-0.4, -0.2) is 30.5 Å². The molecule has 2 aliphatic rings. The summed E-state index contributed by atoms with van der Waals surface area (Å²) in [4.78, 5) is 13.9. The van der Waals surface area contributed by atoms with Crippen molar-refractivity contribution in [2.24, 2.45) is 5.73 Å². The van der Waals surface area contributed by atoms with E-state index in [9.17, 15) is 4.79 Å². The van der Waals surface area contributed by atoms with Gasteiger partial charge in [-0.1, -0.05) is 55.5 Å². The third-order valence-corrected chi connectivity index (χ3v) is 7.16. The molecule has 1 aliphatic carbocycles. The Morgan fingerprint density at radius 2 is 1.75 bits per heavy atom. The number of rotatable bonds is 4. The second kappa shape index (κ2) is 7.97. The number of amides is 1. The summed E-state index contributed by atoms with van der Waals surface area (Å²) in [5.41, 5.74) is 11.8. The maximum absolute atomic E-state index is 12.1. The van der Waals surface area contributed by atoms with E-state index in [0.717, 1.165) is 23.9 Å². The smallest absolute Gasteiger partial charge is 0.409 e. The lowest BCUT2D eigenvalue weighted by Crippen LogP contribution is -2.38. The highest BCUT2D eigenvalue weighted by molar-refractivity contribution is 5.99. The lowest BCUT2D eigenvalue weighted by molar-refractivity contribution is 0.114. The Kier molecular flexibility index (Phi) is 5.12. The number of methoxy groups -OCH3 is 1. The minimum Gasteiger partial charge on any atom is -0.453 e. The molecule has 5 heteroatoms. The Morgan fingerprint density at radius 3 is 2.47 bits per heavy atom. The van der Waals surface area contributed by atoms with Gasteiger partial charge in [-0.25, -0.2) is 4.79 Å². The Balaban J connectivity index is 1.38. The number of nitrogens with two attached hydrogens (primary N) is 1. The van der Waals surface area contributed by atoms with Crippen molar-refractivity contribution in [1.29, 1.82) is 5.41 Å². The standard InChI is InChI=1S/C27H29N3O2/c1-3-16-14-30(27(31)32-2)15-22-9-7-20(12-23(16)22)25-13-24(25)19-6-4-18-11-21(26(28)29)8-5-17(18)10-19/h4-12,16,24-25H,3,13-15H2,1-2H3,(H3,28,29)/t16?,24?,25-/m0/s1. The number of ether oxygens (including phenoxy) is 1. The highest BCUT2D eigenvalue weighted by Gasteiger charge is 2.40. The fraction of sp³-hybridized carbons (Fsp3) is 0.333. The molecule has 0 bridgehead atoms. The van der Waals surface area contributed by atoms with Gasteiger partial charge in [-0.3, -0.25) is 5.41 Å². The SMILES string of the molecule is CCC1CN(C(=O)OC)Cc2ccc([C@@H]3CC3c3ccc4cc(C(=N)N)ccc4c3)cc21. The Labute approximate surface area is 188 Å². The molecular formula is C27H29N3O2. The van der Waals surface area contributed by atoms with Crippen LogP contribution in [0.4, 0.5) is 4.79 Å². The van der Waals surface area contributed by atoms with Crippen LogP contribution < -0.4 is 5.73 Å². The van der Waals surface area contributed by atoms with Crippen LogP contribution in [0.5, 0.6) is 0 Å². The van der Waals surface area contributed by atoms with Gasteiger partial charge in [0.15, 0.2) is 0 Å². The molecule has 3 aromatic rings. The molecule has 3 aromatic carbocycles. The number of fused-ring (bicyclic) bond motifs is 2. The number of nitrogen functional groups attached to an aromatic ring is 1. The lowest BCUT2D eigenvalue weighted by atomic mass is 9.86. The highest BCUT2D eigenvalue weighted by Crippen LogP contribution is 2.55. The summed E-state index contributed by atoms with van der Waals surface area (Å²) in [5, 5.41) is 9.95. The molecular weight excluding hydrogens is 398 g/mol. The highest BCUT2D eigenvalue weighted by atomic mass is 16.5. The van der Waals surface area contributed by atoms with E-state index >= 15 is 0 Å². The number of carbonyl (C=O) groups excluding carboxylic acids is 1. The van der Waals surface area contributed by atoms with Crippen LogP contribution in [0.15, 0.2) is 54.6 Å². The van der Waals surface area contributed by atoms with Crippen molar-refractivity contribution in [3.8, 4) is 0 Å². The maximum atomic E-state index is 12.1. The molecule has 5 nitrogen and oxygen atoms in total. The van der Waals surface area contributed by atoms with Gasteiger partial charge in [-0.2, -0.15) is 0 Å². The monoisotopic (exact) mass is 427 g/mol. The zero-order valence-corrected chi connectivity index (χ0v) is 18.6. The van der Waals surface area contributed by atoms with E-state index < -0.39 is 0 Å². The van der Waals surface area contributed by atoms with E-state index in [0.29, 0.717) is 24.3 Å². The van der Waals surface area contributed by atoms with Crippen molar-refractivity contribution in [2.75, 3.05) is 13.7 Å². The normalized spacial score (nSPS) is 21.8. The van der Waals surface area contributed by atoms with Gasteiger partial charge in [0.25, 0.3) is 0 Å². The number of hydrogen-bond acceptors (Lipinski definition) is 3. The van der Waals surface area contributed by atoms with E-state index in [1.54, 1.807) is 0 Å². The van der Waals surface area contributed by atoms with E-state index in [-0.39, 0.29) is 11.9 Å². The zero-order chi connectivity index (χ0) is 22.4. The molecule has 1 saturated carbocycles. The molecule has 0 spiro atoms. The molecule has 0 radical (unpaired) electrons. The average Bonchev–Trinajstić information content (AvgIpc) is 3.62. The van der Waals surface area contributed by atoms with Crippen LogP contribution >= 0.6 is 0 Å². The van der Waals surface area contributed by atoms with Gasteiger partial charge in [0.2, 0.25) is 0 Å². The molecule has 2 unspecified atom stereocenters. The molecule has 1 aliphatic heterocycles. The van der Waals surface area contributed by atoms with Crippen molar-refractivity contribution >= 4 is 22.7 Å². The van der Waals surface area contributed by atoms with Gasteiger partial charge in [0.1, 0.15) is 5.84 Å². The van der Waals surface area contributed by atoms with E-state index in [2.05, 4.69) is 49.4 Å². The third-order valence-electron chi connectivity index (χ3n) is 7.16. The first-order valence-corrected chi connectivity index (χ1v) is 11.3. The van der Waals surface area contributed by atoms with Gasteiger partial charge in [0.05, 0.1) is 7.11 Å². The topological polar surface area (TPSA) is 79.4 Å². The van der Waals surface area contributed by atoms with Crippen LogP contribution in [0.25, 0.3) is 10.8 Å². The average molecular weight is 428 g/mol. The van der Waals surface area contributed by atoms with Gasteiger partial charge in [0, 0.05) is 24.6 Å². The van der Waals surface area contributed by atoms with Crippen LogP contribution in [0.2, 0.25) is 0 Å². The van der Waals surface area contributed by atoms with Crippen LogP contribution in [0.3, 0.4) is 0 Å². The maximum Gasteiger partial charge on any atom is 0.409 e. The number of carbonyl (C=O) groups is 1. The molecule has 1 fully saturated rings. The molecule has 0 aromatic heterocycles. The number of hydrogen-bond donors (Lipinski definition) is 2. The first-order valence-electron chi connectivity index (χ1n) is 11.3. The van der Waals surface area contributed by atoms with Crippen LogP contribution in [0.1, 0.15) is 65.3 Å². The Morgan fingerprint density at radius 1 is 1.06 bits per heavy atom. The van der Waals surface area contributed by atoms with Gasteiger partial charge in [-0.15, -0.1) is 0 Å². The second-order valence-corrected chi connectivity index (χ2v) is 9.10. The molecule has 32 heavy (non-hydrogen) atoms. The van der Waals surface area contributed by atoms with Gasteiger partial charge < -0.3 is 15.4 Å². The lowest BCUT2D eigenvalue weighted by Gasteiger charge is -2.33. The summed E-state index contributed by atoms with van der Waals surface area (Å²) < 4.78 is 4.95. The second-order valence-electron chi connectivity index (χ2n) is 9.10. The Bertz CT molecular complexity index is 1220. The minimum absolute atomic E-state index is 0.103. The first kappa shape index (κ1) is 20.6. The predicted octanol–water partition coefficient (Wildman–Crippen LogP) is 5.47. The molecule has 3 atom stereocenters. The molecule has 1 amide bonds. The van der Waals surface area contributed by atoms with Crippen LogP contribution in [-0.2, 0) is 11.3 Å². The molecule has 164 valence electrons. The van der Waals surface area contributed by atoms with Gasteiger partial charge in [-0.05, 0) is 63.8 Å². The summed E-state index contributed by atoms with van der Waals surface area (Å²) in [6.45, 7) is 3.54. The summed E-state index contributed by atoms with van der Waals surface area (Å²) in [6, 6.07) is 19.5. The van der Waals surface area contributed by atoms with Crippen molar-refractivity contribution < 1.29 is 9.53 Å². The van der Waals surface area contributed by atoms with E-state index in [1.807, 2.05) is 17.0 Å². The molecule has 5 rings (SSSR count). The van der Waals surface area contributed by atoms with Crippen molar-refractivity contribution in [3.63, 3.8) is 0 Å². The number of nitrogens with zero attached hydrogens (tertiary/aromatic N) is 1. The van der Waals surface area contributed by atoms with E-state index in [4.69, 9.17) is 15.9 Å². The van der Waals surface area contributed by atoms with E-state index in [1.165, 1.54) is 41.2 Å². The number of amidine groups is 1. The summed E-state index contributed by atoms with van der Waals surface area (Å²) in [6.07, 6.45) is 1.93. The zero-order valence-electron chi connectivity index (χ0n) is 18.6. The summed E-state index contributed by atoms with van der Waals surface area (Å²) in [7, 11) is 1.45. The third kappa shape index (κ3) is 3.62. The number of nitrogens with one attached hydrogen (secondary N) is 1. The molecule has 1 heterocycles. The van der Waals surface area contributed by atoms with Gasteiger partial charge >= 0.3 is 6.09 Å². The largest absolute Gasteiger partial charge is 0.453 e. The summed E-state index contributed by atoms with van der Waals surface area (Å²) in [5.74, 6) is 1.54. The fourth-order valence-corrected chi connectivity index (χ4v) is 5.21. The summed E-state index contributed by atoms with van der Waals surface area (Å²) >= 11 is 0. The Hall–Kier alpha value is -3.34. The van der Waals surface area contributed by atoms with Crippen molar-refractivity contribution in [2.45, 2.75) is 44.1 Å².